The first-order valence-electron chi connectivity index (χ1n) is 9.68. The van der Waals surface area contributed by atoms with Crippen molar-refractivity contribution in [3.05, 3.63) is 58.7 Å². The molecule has 29 heavy (non-hydrogen) atoms. The molecule has 0 atom stereocenters. The molecule has 0 aliphatic heterocycles. The second-order valence-corrected chi connectivity index (χ2v) is 8.03. The summed E-state index contributed by atoms with van der Waals surface area (Å²) in [4.78, 5) is 0. The lowest BCUT2D eigenvalue weighted by Gasteiger charge is -2.16. The lowest BCUT2D eigenvalue weighted by atomic mass is 9.98. The van der Waals surface area contributed by atoms with Gasteiger partial charge >= 0.3 is 0 Å². The molecule has 2 rings (SSSR count). The Morgan fingerprint density at radius 2 is 1.59 bits per heavy atom. The fraction of sp³-hybridized carbons (Fsp3) is 0.333. The van der Waals surface area contributed by atoms with Crippen molar-refractivity contribution >= 4 is 12.2 Å². The van der Waals surface area contributed by atoms with E-state index in [0.29, 0.717) is 29.5 Å². The third-order valence-corrected chi connectivity index (χ3v) is 4.71. The first kappa shape index (κ1) is 22.4. The average Bonchev–Trinajstić information content (AvgIpc) is 2.59. The Labute approximate surface area is 171 Å². The standard InChI is InChI=1S/C24H30O5/c1-16(5-4-12-24(2,3)29)6-11-20-22(27)13-17(14-23(20)28)7-8-18-9-10-19(25)15-21(18)26/h6-10,13-15,25-29H,4-5,11-12H2,1-3H3/b8-7+,16-6+. The number of allylic oxidation sites excluding steroid dienone is 2. The normalized spacial score (nSPS) is 12.6. The minimum atomic E-state index is -0.670. The van der Waals surface area contributed by atoms with E-state index in [2.05, 4.69) is 0 Å². The smallest absolute Gasteiger partial charge is 0.126 e. The molecule has 0 aromatic heterocycles. The van der Waals surface area contributed by atoms with Crippen molar-refractivity contribution < 1.29 is 25.5 Å². The van der Waals surface area contributed by atoms with Crippen LogP contribution in [0.25, 0.3) is 12.2 Å². The van der Waals surface area contributed by atoms with Crippen LogP contribution in [0.3, 0.4) is 0 Å². The van der Waals surface area contributed by atoms with E-state index in [4.69, 9.17) is 0 Å². The van der Waals surface area contributed by atoms with Gasteiger partial charge in [0.15, 0.2) is 0 Å². The molecule has 0 spiro atoms. The van der Waals surface area contributed by atoms with Crippen molar-refractivity contribution in [2.75, 3.05) is 0 Å². The van der Waals surface area contributed by atoms with Crippen molar-refractivity contribution in [3.8, 4) is 23.0 Å². The van der Waals surface area contributed by atoms with Gasteiger partial charge in [0.05, 0.1) is 5.60 Å². The van der Waals surface area contributed by atoms with Gasteiger partial charge in [-0.05, 0) is 76.3 Å². The maximum atomic E-state index is 10.3. The van der Waals surface area contributed by atoms with Crippen LogP contribution in [-0.2, 0) is 6.42 Å². The van der Waals surface area contributed by atoms with Gasteiger partial charge in [-0.25, -0.2) is 0 Å². The van der Waals surface area contributed by atoms with Crippen LogP contribution < -0.4 is 0 Å². The lowest BCUT2D eigenvalue weighted by molar-refractivity contribution is 0.0689. The number of rotatable bonds is 8. The predicted octanol–water partition coefficient (Wildman–Crippen LogP) is 5.11. The summed E-state index contributed by atoms with van der Waals surface area (Å²) in [6, 6.07) is 7.39. The molecule has 0 heterocycles. The highest BCUT2D eigenvalue weighted by atomic mass is 16.3. The van der Waals surface area contributed by atoms with Gasteiger partial charge < -0.3 is 25.5 Å². The Hall–Kier alpha value is -2.92. The third-order valence-electron chi connectivity index (χ3n) is 4.71. The first-order chi connectivity index (χ1) is 13.5. The van der Waals surface area contributed by atoms with Crippen LogP contribution in [0, 0.1) is 0 Å². The molecule has 5 N–H and O–H groups in total. The summed E-state index contributed by atoms with van der Waals surface area (Å²) in [5.41, 5.74) is 2.02. The number of aliphatic hydroxyl groups is 1. The molecule has 2 aromatic rings. The first-order valence-corrected chi connectivity index (χ1v) is 9.68. The van der Waals surface area contributed by atoms with Crippen LogP contribution in [0.15, 0.2) is 42.0 Å². The summed E-state index contributed by atoms with van der Waals surface area (Å²) in [5.74, 6) is -0.0838. The molecule has 0 saturated carbocycles. The lowest BCUT2D eigenvalue weighted by Crippen LogP contribution is -2.17. The molecule has 156 valence electrons. The maximum absolute atomic E-state index is 10.3. The molecule has 0 aliphatic rings. The molecule has 0 aliphatic carbocycles. The molecule has 5 heteroatoms. The molecular weight excluding hydrogens is 368 g/mol. The van der Waals surface area contributed by atoms with Gasteiger partial charge in [-0.15, -0.1) is 0 Å². The van der Waals surface area contributed by atoms with E-state index in [1.165, 1.54) is 12.1 Å². The van der Waals surface area contributed by atoms with Crippen molar-refractivity contribution in [3.63, 3.8) is 0 Å². The van der Waals surface area contributed by atoms with Gasteiger partial charge in [-0.2, -0.15) is 0 Å². The Morgan fingerprint density at radius 3 is 2.17 bits per heavy atom. The highest BCUT2D eigenvalue weighted by Crippen LogP contribution is 2.31. The van der Waals surface area contributed by atoms with E-state index >= 15 is 0 Å². The van der Waals surface area contributed by atoms with Gasteiger partial charge in [0.1, 0.15) is 23.0 Å². The third kappa shape index (κ3) is 7.20. The van der Waals surface area contributed by atoms with Crippen molar-refractivity contribution in [2.24, 2.45) is 0 Å². The quantitative estimate of drug-likeness (QED) is 0.314. The number of aromatic hydroxyl groups is 4. The van der Waals surface area contributed by atoms with Gasteiger partial charge in [-0.1, -0.05) is 23.8 Å². The maximum Gasteiger partial charge on any atom is 0.126 e. The van der Waals surface area contributed by atoms with Crippen LogP contribution in [-0.4, -0.2) is 31.1 Å². The summed E-state index contributed by atoms with van der Waals surface area (Å²) in [6.45, 7) is 5.59. The molecule has 0 radical (unpaired) electrons. The van der Waals surface area contributed by atoms with Gasteiger partial charge in [0.25, 0.3) is 0 Å². The predicted molar refractivity (Wildman–Crippen MR) is 116 cm³/mol. The highest BCUT2D eigenvalue weighted by molar-refractivity contribution is 5.74. The Balaban J connectivity index is 2.07. The van der Waals surface area contributed by atoms with Crippen molar-refractivity contribution in [2.45, 2.75) is 52.1 Å². The second-order valence-electron chi connectivity index (χ2n) is 8.03. The van der Waals surface area contributed by atoms with Crippen LogP contribution in [0.1, 0.15) is 56.7 Å². The van der Waals surface area contributed by atoms with Crippen LogP contribution in [0.2, 0.25) is 0 Å². The van der Waals surface area contributed by atoms with E-state index in [9.17, 15) is 25.5 Å². The van der Waals surface area contributed by atoms with Crippen molar-refractivity contribution in [1.29, 1.82) is 0 Å². The fourth-order valence-electron chi connectivity index (χ4n) is 3.01. The van der Waals surface area contributed by atoms with E-state index in [1.54, 1.807) is 44.2 Å². The fourth-order valence-corrected chi connectivity index (χ4v) is 3.01. The summed E-state index contributed by atoms with van der Waals surface area (Å²) in [6.07, 6.45) is 8.12. The van der Waals surface area contributed by atoms with E-state index in [-0.39, 0.29) is 23.0 Å². The van der Waals surface area contributed by atoms with Gasteiger partial charge in [0, 0.05) is 17.2 Å². The second kappa shape index (κ2) is 9.52. The number of phenols is 4. The molecule has 0 fully saturated rings. The average molecular weight is 398 g/mol. The minimum Gasteiger partial charge on any atom is -0.508 e. The highest BCUT2D eigenvalue weighted by Gasteiger charge is 2.12. The van der Waals surface area contributed by atoms with Gasteiger partial charge in [-0.3, -0.25) is 0 Å². The Kier molecular flexibility index (Phi) is 7.35. The summed E-state index contributed by atoms with van der Waals surface area (Å²) < 4.78 is 0. The molecule has 0 bridgehead atoms. The van der Waals surface area contributed by atoms with E-state index < -0.39 is 5.60 Å². The largest absolute Gasteiger partial charge is 0.508 e. The summed E-state index contributed by atoms with van der Waals surface area (Å²) >= 11 is 0. The summed E-state index contributed by atoms with van der Waals surface area (Å²) in [7, 11) is 0. The van der Waals surface area contributed by atoms with E-state index in [0.717, 1.165) is 18.4 Å². The molecule has 5 nitrogen and oxygen atoms in total. The molecule has 2 aromatic carbocycles. The van der Waals surface area contributed by atoms with Crippen LogP contribution >= 0.6 is 0 Å². The zero-order valence-electron chi connectivity index (χ0n) is 17.2. The molecule has 0 amide bonds. The minimum absolute atomic E-state index is 0.000111. The molecule has 0 unspecified atom stereocenters. The number of hydrogen-bond acceptors (Lipinski definition) is 5. The van der Waals surface area contributed by atoms with Gasteiger partial charge in [0.2, 0.25) is 0 Å². The van der Waals surface area contributed by atoms with E-state index in [1.807, 2.05) is 13.0 Å². The summed E-state index contributed by atoms with van der Waals surface area (Å²) in [5, 5.41) is 49.6. The number of phenolic OH excluding ortho intramolecular Hbond substituents is 4. The zero-order chi connectivity index (χ0) is 21.6. The number of hydrogen-bond donors (Lipinski definition) is 5. The van der Waals surface area contributed by atoms with Crippen molar-refractivity contribution in [1.82, 2.24) is 0 Å². The monoisotopic (exact) mass is 398 g/mol. The van der Waals surface area contributed by atoms with Crippen LogP contribution in [0.4, 0.5) is 0 Å². The topological polar surface area (TPSA) is 101 Å². The SMILES string of the molecule is C/C(=C\Cc1c(O)cc(/C=C/c2ccc(O)cc2O)cc1O)CCCC(C)(C)O. The Bertz CT molecular complexity index is 881. The molecule has 0 saturated heterocycles. The number of benzene rings is 2. The zero-order valence-corrected chi connectivity index (χ0v) is 17.2. The molecular formula is C24H30O5. The van der Waals surface area contributed by atoms with Crippen LogP contribution in [0.5, 0.6) is 23.0 Å². The Morgan fingerprint density at radius 1 is 0.931 bits per heavy atom.